The van der Waals surface area contributed by atoms with E-state index in [1.807, 2.05) is 39.0 Å². The second-order valence-corrected chi connectivity index (χ2v) is 5.91. The summed E-state index contributed by atoms with van der Waals surface area (Å²) in [6.45, 7) is 8.87. The average Bonchev–Trinajstić information content (AvgIpc) is 2.86. The lowest BCUT2D eigenvalue weighted by Gasteiger charge is -2.15. The molecule has 1 aromatic carbocycles. The Kier molecular flexibility index (Phi) is 5.39. The van der Waals surface area contributed by atoms with Crippen molar-refractivity contribution in [3.8, 4) is 0 Å². The van der Waals surface area contributed by atoms with Gasteiger partial charge in [-0.05, 0) is 51.3 Å². The predicted octanol–water partition coefficient (Wildman–Crippen LogP) is 2.94. The van der Waals surface area contributed by atoms with Crippen LogP contribution in [-0.4, -0.2) is 23.6 Å². The molecule has 0 bridgehead atoms. The molecular weight excluding hydrogens is 308 g/mol. The molecule has 1 amide bonds. The molecule has 2 aromatic rings. The van der Waals surface area contributed by atoms with Gasteiger partial charge in [0.2, 0.25) is 0 Å². The maximum Gasteiger partial charge on any atom is 0.344 e. The number of hydrogen-bond acceptors (Lipinski definition) is 5. The van der Waals surface area contributed by atoms with Crippen molar-refractivity contribution in [3.05, 3.63) is 51.9 Å². The average molecular weight is 330 g/mol. The molecule has 6 heteroatoms. The number of carbonyl (C=O) groups excluding carboxylic acids is 2. The van der Waals surface area contributed by atoms with Gasteiger partial charge in [0, 0.05) is 0 Å². The molecule has 0 spiro atoms. The van der Waals surface area contributed by atoms with Crippen molar-refractivity contribution < 1.29 is 18.8 Å². The minimum atomic E-state index is -0.611. The van der Waals surface area contributed by atoms with Gasteiger partial charge in [-0.2, -0.15) is 0 Å². The summed E-state index contributed by atoms with van der Waals surface area (Å²) >= 11 is 0. The van der Waals surface area contributed by atoms with Crippen LogP contribution in [0.25, 0.3) is 0 Å². The number of esters is 1. The summed E-state index contributed by atoms with van der Waals surface area (Å²) in [4.78, 5) is 24.0. The highest BCUT2D eigenvalue weighted by Gasteiger charge is 2.20. The SMILES string of the molecule is Cc1ccc([C@H](C)NC(=O)COC(=O)c2c(C)noc2C)cc1C. The molecule has 0 saturated carbocycles. The van der Waals surface area contributed by atoms with Gasteiger partial charge in [-0.3, -0.25) is 4.79 Å². The quantitative estimate of drug-likeness (QED) is 0.852. The lowest BCUT2D eigenvalue weighted by Crippen LogP contribution is -2.31. The number of nitrogens with one attached hydrogen (secondary N) is 1. The van der Waals surface area contributed by atoms with Crippen molar-refractivity contribution in [1.82, 2.24) is 10.5 Å². The minimum absolute atomic E-state index is 0.172. The topological polar surface area (TPSA) is 81.4 Å². The van der Waals surface area contributed by atoms with Gasteiger partial charge in [-0.15, -0.1) is 0 Å². The summed E-state index contributed by atoms with van der Waals surface area (Å²) in [6.07, 6.45) is 0. The van der Waals surface area contributed by atoms with Gasteiger partial charge < -0.3 is 14.6 Å². The van der Waals surface area contributed by atoms with E-state index < -0.39 is 5.97 Å². The van der Waals surface area contributed by atoms with Gasteiger partial charge in [0.15, 0.2) is 6.61 Å². The first-order chi connectivity index (χ1) is 11.3. The van der Waals surface area contributed by atoms with Crippen LogP contribution in [0.4, 0.5) is 0 Å². The lowest BCUT2D eigenvalue weighted by atomic mass is 10.0. The molecule has 1 heterocycles. The fraction of sp³-hybridized carbons (Fsp3) is 0.389. The minimum Gasteiger partial charge on any atom is -0.452 e. The molecule has 0 aliphatic heterocycles. The van der Waals surface area contributed by atoms with E-state index in [2.05, 4.69) is 10.5 Å². The molecule has 24 heavy (non-hydrogen) atoms. The Hall–Kier alpha value is -2.63. The third-order valence-corrected chi connectivity index (χ3v) is 3.98. The number of amides is 1. The third kappa shape index (κ3) is 4.01. The maximum absolute atomic E-state index is 12.0. The van der Waals surface area contributed by atoms with Crippen LogP contribution >= 0.6 is 0 Å². The van der Waals surface area contributed by atoms with E-state index in [-0.39, 0.29) is 24.1 Å². The number of aromatic nitrogens is 1. The van der Waals surface area contributed by atoms with Crippen LogP contribution in [0.1, 0.15) is 51.5 Å². The number of benzene rings is 1. The Balaban J connectivity index is 1.91. The zero-order chi connectivity index (χ0) is 17.9. The lowest BCUT2D eigenvalue weighted by molar-refractivity contribution is -0.124. The molecule has 1 atom stereocenters. The molecule has 0 aliphatic rings. The summed E-state index contributed by atoms with van der Waals surface area (Å²) < 4.78 is 9.95. The van der Waals surface area contributed by atoms with Crippen molar-refractivity contribution in [2.45, 2.75) is 40.7 Å². The summed E-state index contributed by atoms with van der Waals surface area (Å²) in [7, 11) is 0. The molecule has 2 rings (SSSR count). The van der Waals surface area contributed by atoms with E-state index >= 15 is 0 Å². The molecule has 0 aliphatic carbocycles. The number of nitrogens with zero attached hydrogens (tertiary/aromatic N) is 1. The highest BCUT2D eigenvalue weighted by Crippen LogP contribution is 2.17. The molecule has 0 unspecified atom stereocenters. The Morgan fingerprint density at radius 3 is 2.50 bits per heavy atom. The monoisotopic (exact) mass is 330 g/mol. The molecule has 1 aromatic heterocycles. The van der Waals surface area contributed by atoms with E-state index in [0.29, 0.717) is 11.5 Å². The summed E-state index contributed by atoms with van der Waals surface area (Å²) in [5, 5.41) is 6.51. The van der Waals surface area contributed by atoms with Crippen molar-refractivity contribution in [2.24, 2.45) is 0 Å². The maximum atomic E-state index is 12.0. The Labute approximate surface area is 141 Å². The van der Waals surface area contributed by atoms with Crippen LogP contribution in [0.5, 0.6) is 0 Å². The standard InChI is InChI=1S/C18H22N2O4/c1-10-6-7-15(8-11(10)2)12(3)19-16(21)9-23-18(22)17-13(4)20-24-14(17)5/h6-8,12H,9H2,1-5H3,(H,19,21)/t12-/m0/s1. The fourth-order valence-corrected chi connectivity index (χ4v) is 2.38. The molecule has 0 saturated heterocycles. The summed E-state index contributed by atoms with van der Waals surface area (Å²) in [6, 6.07) is 5.86. The molecule has 6 nitrogen and oxygen atoms in total. The van der Waals surface area contributed by atoms with Crippen LogP contribution < -0.4 is 5.32 Å². The first kappa shape index (κ1) is 17.7. The van der Waals surface area contributed by atoms with E-state index in [1.54, 1.807) is 13.8 Å². The van der Waals surface area contributed by atoms with Crippen molar-refractivity contribution >= 4 is 11.9 Å². The highest BCUT2D eigenvalue weighted by molar-refractivity contribution is 5.93. The van der Waals surface area contributed by atoms with Gasteiger partial charge in [0.1, 0.15) is 11.3 Å². The van der Waals surface area contributed by atoms with E-state index in [4.69, 9.17) is 9.26 Å². The van der Waals surface area contributed by atoms with Crippen molar-refractivity contribution in [2.75, 3.05) is 6.61 Å². The fourth-order valence-electron chi connectivity index (χ4n) is 2.38. The number of rotatable bonds is 5. The first-order valence-electron chi connectivity index (χ1n) is 7.76. The largest absolute Gasteiger partial charge is 0.452 e. The van der Waals surface area contributed by atoms with Gasteiger partial charge in [-0.1, -0.05) is 23.4 Å². The summed E-state index contributed by atoms with van der Waals surface area (Å²) in [5.74, 6) is -0.595. The van der Waals surface area contributed by atoms with Gasteiger partial charge in [0.25, 0.3) is 5.91 Å². The Bertz CT molecular complexity index is 745. The normalized spacial score (nSPS) is 11.9. The number of carbonyl (C=O) groups is 2. The number of aryl methyl sites for hydroxylation is 4. The second-order valence-electron chi connectivity index (χ2n) is 5.91. The number of ether oxygens (including phenoxy) is 1. The zero-order valence-corrected chi connectivity index (χ0v) is 14.6. The van der Waals surface area contributed by atoms with Crippen LogP contribution in [0.2, 0.25) is 0 Å². The molecule has 128 valence electrons. The van der Waals surface area contributed by atoms with Crippen LogP contribution in [0.3, 0.4) is 0 Å². The Morgan fingerprint density at radius 2 is 1.92 bits per heavy atom. The Morgan fingerprint density at radius 1 is 1.21 bits per heavy atom. The zero-order valence-electron chi connectivity index (χ0n) is 14.6. The van der Waals surface area contributed by atoms with E-state index in [9.17, 15) is 9.59 Å². The van der Waals surface area contributed by atoms with Crippen LogP contribution in [0, 0.1) is 27.7 Å². The van der Waals surface area contributed by atoms with Crippen LogP contribution in [0.15, 0.2) is 22.7 Å². The van der Waals surface area contributed by atoms with Gasteiger partial charge in [-0.25, -0.2) is 4.79 Å². The van der Waals surface area contributed by atoms with Crippen molar-refractivity contribution in [1.29, 1.82) is 0 Å². The molecule has 0 fully saturated rings. The van der Waals surface area contributed by atoms with Gasteiger partial charge >= 0.3 is 5.97 Å². The molecular formula is C18H22N2O4. The first-order valence-corrected chi connectivity index (χ1v) is 7.76. The second kappa shape index (κ2) is 7.29. The van der Waals surface area contributed by atoms with Crippen molar-refractivity contribution in [3.63, 3.8) is 0 Å². The molecule has 0 radical (unpaired) electrons. The molecule has 1 N–H and O–H groups in total. The smallest absolute Gasteiger partial charge is 0.344 e. The number of hydrogen-bond donors (Lipinski definition) is 1. The van der Waals surface area contributed by atoms with Crippen LogP contribution in [-0.2, 0) is 9.53 Å². The van der Waals surface area contributed by atoms with E-state index in [0.717, 1.165) is 5.56 Å². The third-order valence-electron chi connectivity index (χ3n) is 3.98. The van der Waals surface area contributed by atoms with Gasteiger partial charge in [0.05, 0.1) is 11.7 Å². The predicted molar refractivity (Wildman–Crippen MR) is 88.7 cm³/mol. The summed E-state index contributed by atoms with van der Waals surface area (Å²) in [5.41, 5.74) is 4.08. The highest BCUT2D eigenvalue weighted by atomic mass is 16.5. The van der Waals surface area contributed by atoms with E-state index in [1.165, 1.54) is 11.1 Å².